The maximum absolute atomic E-state index is 12.5. The lowest BCUT2D eigenvalue weighted by Crippen LogP contribution is -2.53. The topological polar surface area (TPSA) is 48.5 Å². The molecule has 2 saturated heterocycles. The van der Waals surface area contributed by atoms with Crippen LogP contribution in [0, 0.1) is 5.92 Å². The van der Waals surface area contributed by atoms with Crippen LogP contribution in [0.4, 0.5) is 0 Å². The first-order chi connectivity index (χ1) is 10.2. The smallest absolute Gasteiger partial charge is 0.240 e. The third-order valence-electron chi connectivity index (χ3n) is 4.64. The van der Waals surface area contributed by atoms with Crippen LogP contribution < -0.4 is 5.32 Å². The second kappa shape index (κ2) is 6.54. The Morgan fingerprint density at radius 2 is 2.00 bits per heavy atom. The summed E-state index contributed by atoms with van der Waals surface area (Å²) in [4.78, 5) is 21.0. The van der Waals surface area contributed by atoms with Gasteiger partial charge in [-0.05, 0) is 36.6 Å². The number of pyridine rings is 1. The van der Waals surface area contributed by atoms with Crippen molar-refractivity contribution in [3.8, 4) is 0 Å². The van der Waals surface area contributed by atoms with Crippen molar-refractivity contribution < 1.29 is 4.79 Å². The van der Waals surface area contributed by atoms with Crippen LogP contribution in [0.25, 0.3) is 0 Å². The van der Waals surface area contributed by atoms with Crippen LogP contribution in [0.5, 0.6) is 0 Å². The van der Waals surface area contributed by atoms with E-state index < -0.39 is 0 Å². The Morgan fingerprint density at radius 3 is 2.62 bits per heavy atom. The van der Waals surface area contributed by atoms with E-state index in [0.29, 0.717) is 11.8 Å². The average molecular weight is 288 g/mol. The fourth-order valence-electron chi connectivity index (χ4n) is 3.23. The first-order valence-corrected chi connectivity index (χ1v) is 7.87. The van der Waals surface area contributed by atoms with Crippen molar-refractivity contribution in [1.82, 2.24) is 20.1 Å². The van der Waals surface area contributed by atoms with Crippen LogP contribution in [0.15, 0.2) is 24.5 Å². The van der Waals surface area contributed by atoms with Crippen molar-refractivity contribution in [3.05, 3.63) is 30.1 Å². The molecule has 114 valence electrons. The summed E-state index contributed by atoms with van der Waals surface area (Å²) in [7, 11) is 0. The maximum atomic E-state index is 12.5. The van der Waals surface area contributed by atoms with E-state index in [-0.39, 0.29) is 6.04 Å². The number of amides is 1. The summed E-state index contributed by atoms with van der Waals surface area (Å²) in [5.41, 5.74) is 1.29. The van der Waals surface area contributed by atoms with Gasteiger partial charge >= 0.3 is 0 Å². The highest BCUT2D eigenvalue weighted by molar-refractivity contribution is 5.82. The van der Waals surface area contributed by atoms with Gasteiger partial charge in [-0.15, -0.1) is 0 Å². The van der Waals surface area contributed by atoms with E-state index in [9.17, 15) is 4.79 Å². The Hall–Kier alpha value is -1.46. The molecule has 0 saturated carbocycles. The molecule has 0 spiro atoms. The second-order valence-electron chi connectivity index (χ2n) is 6.15. The highest BCUT2D eigenvalue weighted by Gasteiger charge is 2.33. The summed E-state index contributed by atoms with van der Waals surface area (Å²) in [6, 6.07) is 4.15. The number of nitrogens with one attached hydrogen (secondary N) is 1. The summed E-state index contributed by atoms with van der Waals surface area (Å²) in [5.74, 6) is 0.760. The molecular formula is C16H24N4O. The second-order valence-corrected chi connectivity index (χ2v) is 6.15. The molecule has 5 nitrogen and oxygen atoms in total. The van der Waals surface area contributed by atoms with Crippen LogP contribution in [0.3, 0.4) is 0 Å². The standard InChI is InChI=1S/C16H24N4O/c1-13-2-7-18-15(13)16(21)20-10-8-19(9-11-20)12-14-3-5-17-6-4-14/h3-6,13,15,18H,2,7-12H2,1H3. The molecule has 1 amide bonds. The molecule has 1 aromatic rings. The van der Waals surface area contributed by atoms with Gasteiger partial charge in [0.25, 0.3) is 0 Å². The van der Waals surface area contributed by atoms with Gasteiger partial charge < -0.3 is 10.2 Å². The molecule has 3 rings (SSSR count). The molecular weight excluding hydrogens is 264 g/mol. The van der Waals surface area contributed by atoms with Crippen molar-refractivity contribution in [1.29, 1.82) is 0 Å². The minimum absolute atomic E-state index is 0.0387. The Balaban J connectivity index is 1.50. The van der Waals surface area contributed by atoms with Crippen LogP contribution in [-0.2, 0) is 11.3 Å². The molecule has 2 unspecified atom stereocenters. The molecule has 2 aliphatic heterocycles. The van der Waals surface area contributed by atoms with Crippen LogP contribution in [0.1, 0.15) is 18.9 Å². The fourth-order valence-corrected chi connectivity index (χ4v) is 3.23. The molecule has 0 aromatic carbocycles. The van der Waals surface area contributed by atoms with Gasteiger partial charge in [-0.25, -0.2) is 0 Å². The van der Waals surface area contributed by atoms with Gasteiger partial charge in [-0.3, -0.25) is 14.7 Å². The fraction of sp³-hybridized carbons (Fsp3) is 0.625. The lowest BCUT2D eigenvalue weighted by Gasteiger charge is -2.36. The number of nitrogens with zero attached hydrogens (tertiary/aromatic N) is 3. The number of hydrogen-bond acceptors (Lipinski definition) is 4. The SMILES string of the molecule is CC1CCNC1C(=O)N1CCN(Cc2ccncc2)CC1. The summed E-state index contributed by atoms with van der Waals surface area (Å²) in [6.45, 7) is 7.68. The largest absolute Gasteiger partial charge is 0.339 e. The predicted octanol–water partition coefficient (Wildman–Crippen LogP) is 0.724. The van der Waals surface area contributed by atoms with Crippen molar-refractivity contribution in [3.63, 3.8) is 0 Å². The average Bonchev–Trinajstić information content (AvgIpc) is 2.94. The van der Waals surface area contributed by atoms with Gasteiger partial charge in [0.05, 0.1) is 6.04 Å². The molecule has 5 heteroatoms. The van der Waals surface area contributed by atoms with Crippen molar-refractivity contribution >= 4 is 5.91 Å². The lowest BCUT2D eigenvalue weighted by molar-refractivity contribution is -0.135. The molecule has 1 aromatic heterocycles. The maximum Gasteiger partial charge on any atom is 0.240 e. The Kier molecular flexibility index (Phi) is 4.51. The Labute approximate surface area is 126 Å². The lowest BCUT2D eigenvalue weighted by atomic mass is 10.0. The number of rotatable bonds is 3. The van der Waals surface area contributed by atoms with Crippen molar-refractivity contribution in [2.24, 2.45) is 5.92 Å². The molecule has 0 radical (unpaired) electrons. The Morgan fingerprint density at radius 1 is 1.29 bits per heavy atom. The summed E-state index contributed by atoms with van der Waals surface area (Å²) < 4.78 is 0. The molecule has 0 aliphatic carbocycles. The van der Waals surface area contributed by atoms with E-state index in [1.807, 2.05) is 17.3 Å². The number of hydrogen-bond donors (Lipinski definition) is 1. The first kappa shape index (κ1) is 14.5. The molecule has 21 heavy (non-hydrogen) atoms. The monoisotopic (exact) mass is 288 g/mol. The van der Waals surface area contributed by atoms with Gasteiger partial charge in [-0.1, -0.05) is 6.92 Å². The van der Waals surface area contributed by atoms with E-state index in [4.69, 9.17) is 0 Å². The van der Waals surface area contributed by atoms with Gasteiger partial charge in [0, 0.05) is 45.1 Å². The number of carbonyl (C=O) groups excluding carboxylic acids is 1. The van der Waals surface area contributed by atoms with E-state index in [1.165, 1.54) is 5.56 Å². The van der Waals surface area contributed by atoms with E-state index >= 15 is 0 Å². The Bertz CT molecular complexity index is 470. The number of aromatic nitrogens is 1. The minimum atomic E-state index is 0.0387. The first-order valence-electron chi connectivity index (χ1n) is 7.87. The summed E-state index contributed by atoms with van der Waals surface area (Å²) in [6.07, 6.45) is 4.78. The molecule has 2 atom stereocenters. The number of carbonyl (C=O) groups is 1. The molecule has 0 bridgehead atoms. The molecule has 1 N–H and O–H groups in total. The van der Waals surface area contributed by atoms with E-state index in [1.54, 1.807) is 0 Å². The quantitative estimate of drug-likeness (QED) is 0.890. The zero-order chi connectivity index (χ0) is 14.7. The van der Waals surface area contributed by atoms with Crippen molar-refractivity contribution in [2.75, 3.05) is 32.7 Å². The zero-order valence-corrected chi connectivity index (χ0v) is 12.7. The third kappa shape index (κ3) is 3.41. The molecule has 2 fully saturated rings. The third-order valence-corrected chi connectivity index (χ3v) is 4.64. The minimum Gasteiger partial charge on any atom is -0.339 e. The molecule has 2 aliphatic rings. The van der Waals surface area contributed by atoms with Crippen LogP contribution in [0.2, 0.25) is 0 Å². The van der Waals surface area contributed by atoms with Gasteiger partial charge in [-0.2, -0.15) is 0 Å². The van der Waals surface area contributed by atoms with Crippen molar-refractivity contribution in [2.45, 2.75) is 25.9 Å². The highest BCUT2D eigenvalue weighted by atomic mass is 16.2. The van der Waals surface area contributed by atoms with Gasteiger partial charge in [0.1, 0.15) is 0 Å². The van der Waals surface area contributed by atoms with Gasteiger partial charge in [0.15, 0.2) is 0 Å². The van der Waals surface area contributed by atoms with E-state index in [2.05, 4.69) is 34.3 Å². The van der Waals surface area contributed by atoms with Crippen LogP contribution >= 0.6 is 0 Å². The van der Waals surface area contributed by atoms with Gasteiger partial charge in [0.2, 0.25) is 5.91 Å². The van der Waals surface area contributed by atoms with E-state index in [0.717, 1.165) is 45.7 Å². The summed E-state index contributed by atoms with van der Waals surface area (Å²) >= 11 is 0. The highest BCUT2D eigenvalue weighted by Crippen LogP contribution is 2.18. The zero-order valence-electron chi connectivity index (χ0n) is 12.7. The van der Waals surface area contributed by atoms with Crippen LogP contribution in [-0.4, -0.2) is 59.5 Å². The normalized spacial score (nSPS) is 27.0. The summed E-state index contributed by atoms with van der Waals surface area (Å²) in [5, 5.41) is 3.34. The predicted molar refractivity (Wildman–Crippen MR) is 81.7 cm³/mol. The molecule has 3 heterocycles. The number of piperazine rings is 1.